The van der Waals surface area contributed by atoms with Gasteiger partial charge in [-0.1, -0.05) is 30.3 Å². The molecule has 104 valence electrons. The zero-order valence-corrected chi connectivity index (χ0v) is 11.1. The second-order valence-corrected chi connectivity index (χ2v) is 4.64. The van der Waals surface area contributed by atoms with Gasteiger partial charge < -0.3 is 10.3 Å². The molecule has 0 aliphatic rings. The third-order valence-corrected chi connectivity index (χ3v) is 3.13. The van der Waals surface area contributed by atoms with Crippen LogP contribution in [0.5, 0.6) is 0 Å². The fourth-order valence-electron chi connectivity index (χ4n) is 1.68. The van der Waals surface area contributed by atoms with E-state index in [1.807, 2.05) is 30.3 Å². The largest absolute Gasteiger partial charge is 0.351 e. The zero-order chi connectivity index (χ0) is 14.5. The van der Waals surface area contributed by atoms with Gasteiger partial charge in [0.15, 0.2) is 0 Å². The average Bonchev–Trinajstić information content (AvgIpc) is 2.95. The van der Waals surface area contributed by atoms with Crippen LogP contribution in [-0.4, -0.2) is 22.4 Å². The predicted molar refractivity (Wildman–Crippen MR) is 74.8 cm³/mol. The lowest BCUT2D eigenvalue weighted by molar-refractivity contribution is -0.384. The highest BCUT2D eigenvalue weighted by atomic mass is 35.5. The van der Waals surface area contributed by atoms with Crippen molar-refractivity contribution in [1.29, 1.82) is 0 Å². The molecule has 20 heavy (non-hydrogen) atoms. The number of hydrogen-bond donors (Lipinski definition) is 2. The smallest absolute Gasteiger partial charge is 0.287 e. The van der Waals surface area contributed by atoms with Gasteiger partial charge in [0.1, 0.15) is 5.69 Å². The summed E-state index contributed by atoms with van der Waals surface area (Å²) in [7, 11) is 0. The highest BCUT2D eigenvalue weighted by Gasteiger charge is 2.15. The van der Waals surface area contributed by atoms with Crippen molar-refractivity contribution in [3.8, 4) is 0 Å². The van der Waals surface area contributed by atoms with Crippen molar-refractivity contribution in [2.24, 2.45) is 0 Å². The van der Waals surface area contributed by atoms with Crippen LogP contribution in [-0.2, 0) is 0 Å². The van der Waals surface area contributed by atoms with Crippen LogP contribution in [0, 0.1) is 10.1 Å². The molecule has 2 aromatic rings. The lowest BCUT2D eigenvalue weighted by atomic mass is 10.1. The van der Waals surface area contributed by atoms with E-state index in [9.17, 15) is 14.9 Å². The number of benzene rings is 1. The van der Waals surface area contributed by atoms with Gasteiger partial charge >= 0.3 is 0 Å². The van der Waals surface area contributed by atoms with E-state index in [1.54, 1.807) is 0 Å². The third kappa shape index (κ3) is 3.36. The van der Waals surface area contributed by atoms with Gasteiger partial charge in [0.05, 0.1) is 16.5 Å². The van der Waals surface area contributed by atoms with Crippen LogP contribution in [0.2, 0.25) is 0 Å². The molecule has 0 bridgehead atoms. The van der Waals surface area contributed by atoms with Crippen molar-refractivity contribution < 1.29 is 9.72 Å². The lowest BCUT2D eigenvalue weighted by Crippen LogP contribution is -2.27. The maximum absolute atomic E-state index is 11.8. The summed E-state index contributed by atoms with van der Waals surface area (Å²) in [5.41, 5.74) is 0.876. The number of halogens is 1. The average molecular weight is 294 g/mol. The quantitative estimate of drug-likeness (QED) is 0.504. The standard InChI is InChI=1S/C13H12ClN3O3/c14-11(9-4-2-1-3-5-9)8-16-13(18)12-6-10(7-15-12)17(19)20/h1-7,11,15H,8H2,(H,16,18). The first kappa shape index (κ1) is 14.1. The van der Waals surface area contributed by atoms with Gasteiger partial charge in [-0.2, -0.15) is 0 Å². The molecule has 0 saturated carbocycles. The lowest BCUT2D eigenvalue weighted by Gasteiger charge is -2.10. The van der Waals surface area contributed by atoms with Gasteiger partial charge in [-0.15, -0.1) is 11.6 Å². The van der Waals surface area contributed by atoms with Crippen LogP contribution >= 0.6 is 11.6 Å². The van der Waals surface area contributed by atoms with E-state index in [0.717, 1.165) is 5.56 Å². The van der Waals surface area contributed by atoms with Crippen LogP contribution < -0.4 is 5.32 Å². The van der Waals surface area contributed by atoms with Gasteiger partial charge in [0.25, 0.3) is 11.6 Å². The third-order valence-electron chi connectivity index (χ3n) is 2.73. The fraction of sp³-hybridized carbons (Fsp3) is 0.154. The fourth-order valence-corrected chi connectivity index (χ4v) is 1.90. The summed E-state index contributed by atoms with van der Waals surface area (Å²) in [4.78, 5) is 24.3. The molecule has 0 saturated heterocycles. The van der Waals surface area contributed by atoms with Crippen molar-refractivity contribution >= 4 is 23.2 Å². The molecular formula is C13H12ClN3O3. The second kappa shape index (κ2) is 6.21. The minimum absolute atomic E-state index is 0.133. The van der Waals surface area contributed by atoms with E-state index in [4.69, 9.17) is 11.6 Å². The number of nitrogens with zero attached hydrogens (tertiary/aromatic N) is 1. The summed E-state index contributed by atoms with van der Waals surface area (Å²) < 4.78 is 0. The molecule has 6 nitrogen and oxygen atoms in total. The molecule has 0 radical (unpaired) electrons. The Labute approximate surface area is 119 Å². The summed E-state index contributed by atoms with van der Waals surface area (Å²) in [6, 6.07) is 10.5. The number of H-pyrrole nitrogens is 1. The molecule has 7 heteroatoms. The Bertz CT molecular complexity index is 612. The number of aromatic nitrogens is 1. The molecule has 2 N–H and O–H groups in total. The number of aromatic amines is 1. The monoisotopic (exact) mass is 293 g/mol. The molecule has 1 aromatic carbocycles. The van der Waals surface area contributed by atoms with E-state index in [1.165, 1.54) is 12.3 Å². The van der Waals surface area contributed by atoms with Gasteiger partial charge in [-0.3, -0.25) is 14.9 Å². The van der Waals surface area contributed by atoms with Crippen LogP contribution in [0.3, 0.4) is 0 Å². The van der Waals surface area contributed by atoms with Crippen LogP contribution in [0.15, 0.2) is 42.6 Å². The molecule has 1 aromatic heterocycles. The number of hydrogen-bond acceptors (Lipinski definition) is 3. The number of nitrogens with one attached hydrogen (secondary N) is 2. The van der Waals surface area contributed by atoms with Gasteiger partial charge in [-0.05, 0) is 5.56 Å². The predicted octanol–water partition coefficient (Wildman–Crippen LogP) is 2.63. The van der Waals surface area contributed by atoms with Crippen molar-refractivity contribution in [1.82, 2.24) is 10.3 Å². The molecule has 0 aliphatic heterocycles. The van der Waals surface area contributed by atoms with E-state index in [0.29, 0.717) is 0 Å². The number of amides is 1. The number of carbonyl (C=O) groups excluding carboxylic acids is 1. The summed E-state index contributed by atoms with van der Waals surface area (Å²) >= 11 is 6.16. The SMILES string of the molecule is O=C(NCC(Cl)c1ccccc1)c1cc([N+](=O)[O-])c[nH]1. The maximum atomic E-state index is 11.8. The minimum atomic E-state index is -0.568. The topological polar surface area (TPSA) is 88.0 Å². The Kier molecular flexibility index (Phi) is 4.37. The van der Waals surface area contributed by atoms with Crippen molar-refractivity contribution in [2.75, 3.05) is 6.54 Å². The number of carbonyl (C=O) groups is 1. The summed E-state index contributed by atoms with van der Waals surface area (Å²) in [6.45, 7) is 0.233. The number of nitro groups is 1. The second-order valence-electron chi connectivity index (χ2n) is 4.12. The molecule has 1 amide bonds. The Morgan fingerprint density at radius 1 is 1.40 bits per heavy atom. The first-order valence-electron chi connectivity index (χ1n) is 5.88. The molecule has 0 aliphatic carbocycles. The zero-order valence-electron chi connectivity index (χ0n) is 10.4. The molecule has 1 heterocycles. The number of alkyl halides is 1. The van der Waals surface area contributed by atoms with E-state index in [-0.39, 0.29) is 23.3 Å². The Hall–Kier alpha value is -2.34. The van der Waals surface area contributed by atoms with E-state index >= 15 is 0 Å². The minimum Gasteiger partial charge on any atom is -0.351 e. The molecular weight excluding hydrogens is 282 g/mol. The first-order valence-corrected chi connectivity index (χ1v) is 6.31. The Morgan fingerprint density at radius 3 is 2.70 bits per heavy atom. The first-order chi connectivity index (χ1) is 9.58. The summed E-state index contributed by atoms with van der Waals surface area (Å²) in [6.07, 6.45) is 1.17. The van der Waals surface area contributed by atoms with Crippen molar-refractivity contribution in [3.05, 3.63) is 64.0 Å². The molecule has 2 rings (SSSR count). The molecule has 0 fully saturated rings. The van der Waals surface area contributed by atoms with Gasteiger partial charge in [-0.25, -0.2) is 0 Å². The molecule has 1 unspecified atom stereocenters. The number of rotatable bonds is 5. The highest BCUT2D eigenvalue weighted by Crippen LogP contribution is 2.19. The molecule has 0 spiro atoms. The summed E-state index contributed by atoms with van der Waals surface area (Å²) in [5.74, 6) is -0.431. The molecule has 1 atom stereocenters. The summed E-state index contributed by atoms with van der Waals surface area (Å²) in [5, 5.41) is 12.8. The van der Waals surface area contributed by atoms with Crippen LogP contribution in [0.25, 0.3) is 0 Å². The van der Waals surface area contributed by atoms with Crippen molar-refractivity contribution in [3.63, 3.8) is 0 Å². The van der Waals surface area contributed by atoms with E-state index < -0.39 is 10.8 Å². The van der Waals surface area contributed by atoms with Gasteiger partial charge in [0, 0.05) is 12.6 Å². The Morgan fingerprint density at radius 2 is 2.10 bits per heavy atom. The Balaban J connectivity index is 1.93. The van der Waals surface area contributed by atoms with E-state index in [2.05, 4.69) is 10.3 Å². The highest BCUT2D eigenvalue weighted by molar-refractivity contribution is 6.21. The maximum Gasteiger partial charge on any atom is 0.287 e. The van der Waals surface area contributed by atoms with Gasteiger partial charge in [0.2, 0.25) is 0 Å². The van der Waals surface area contributed by atoms with Crippen molar-refractivity contribution in [2.45, 2.75) is 5.38 Å². The normalized spacial score (nSPS) is 11.8. The van der Waals surface area contributed by atoms with Crippen LogP contribution in [0.4, 0.5) is 5.69 Å². The van der Waals surface area contributed by atoms with Crippen LogP contribution in [0.1, 0.15) is 21.4 Å².